The van der Waals surface area contributed by atoms with Crippen LogP contribution in [-0.4, -0.2) is 33.3 Å². The molecule has 0 saturated heterocycles. The van der Waals surface area contributed by atoms with E-state index in [2.05, 4.69) is 10.3 Å². The summed E-state index contributed by atoms with van der Waals surface area (Å²) in [5, 5.41) is 16.7. The minimum absolute atomic E-state index is 0.0977. The van der Waals surface area contributed by atoms with Crippen LogP contribution in [0.1, 0.15) is 17.8 Å². The predicted octanol–water partition coefficient (Wildman–Crippen LogP) is -0.530. The van der Waals surface area contributed by atoms with Crippen LogP contribution in [0.4, 0.5) is 0 Å². The van der Waals surface area contributed by atoms with Crippen molar-refractivity contribution in [3.8, 4) is 0 Å². The second-order valence-electron chi connectivity index (χ2n) is 2.96. The minimum atomic E-state index is 0.0977. The number of aliphatic hydroxyl groups excluding tert-OH is 1. The molecule has 3 N–H and O–H groups in total. The van der Waals surface area contributed by atoms with Crippen molar-refractivity contribution < 1.29 is 5.11 Å². The number of aromatic nitrogens is 3. The molecule has 0 amide bonds. The fraction of sp³-hybridized carbons (Fsp3) is 0.750. The number of nitrogens with zero attached hydrogens (tertiary/aromatic N) is 3. The lowest BCUT2D eigenvalue weighted by Gasteiger charge is -2.00. The quantitative estimate of drug-likeness (QED) is 0.645. The van der Waals surface area contributed by atoms with Crippen molar-refractivity contribution >= 4 is 0 Å². The van der Waals surface area contributed by atoms with Gasteiger partial charge in [-0.1, -0.05) is 5.21 Å². The summed E-state index contributed by atoms with van der Waals surface area (Å²) in [6.45, 7) is 3.25. The van der Waals surface area contributed by atoms with E-state index < -0.39 is 0 Å². The van der Waals surface area contributed by atoms with Gasteiger partial charge in [0, 0.05) is 0 Å². The zero-order valence-corrected chi connectivity index (χ0v) is 7.90. The van der Waals surface area contributed by atoms with Gasteiger partial charge in [0.25, 0.3) is 0 Å². The summed E-state index contributed by atoms with van der Waals surface area (Å²) < 4.78 is 1.71. The first-order valence-electron chi connectivity index (χ1n) is 4.49. The lowest BCUT2D eigenvalue weighted by Crippen LogP contribution is -2.06. The first-order valence-corrected chi connectivity index (χ1v) is 4.49. The van der Waals surface area contributed by atoms with Crippen molar-refractivity contribution in [1.82, 2.24) is 15.0 Å². The molecule has 0 spiro atoms. The third-order valence-electron chi connectivity index (χ3n) is 2.01. The third kappa shape index (κ3) is 2.50. The molecule has 0 bridgehead atoms. The molecule has 0 saturated carbocycles. The van der Waals surface area contributed by atoms with Crippen LogP contribution in [0.25, 0.3) is 0 Å². The van der Waals surface area contributed by atoms with Gasteiger partial charge in [0.15, 0.2) is 0 Å². The fourth-order valence-corrected chi connectivity index (χ4v) is 1.20. The lowest BCUT2D eigenvalue weighted by atomic mass is 10.2. The van der Waals surface area contributed by atoms with Gasteiger partial charge < -0.3 is 10.8 Å². The van der Waals surface area contributed by atoms with Gasteiger partial charge in [-0.2, -0.15) is 0 Å². The molecule has 74 valence electrons. The molecule has 0 fully saturated rings. The maximum atomic E-state index is 8.72. The second-order valence-corrected chi connectivity index (χ2v) is 2.96. The smallest absolute Gasteiger partial charge is 0.0856 e. The number of aliphatic hydroxyl groups is 1. The molecular formula is C8H16N4O. The van der Waals surface area contributed by atoms with Crippen molar-refractivity contribution in [2.24, 2.45) is 5.73 Å². The van der Waals surface area contributed by atoms with Gasteiger partial charge in [-0.15, -0.1) is 5.10 Å². The number of aryl methyl sites for hydroxylation is 1. The van der Waals surface area contributed by atoms with Crippen LogP contribution in [0.5, 0.6) is 0 Å². The summed E-state index contributed by atoms with van der Waals surface area (Å²) in [5.74, 6) is 0. The van der Waals surface area contributed by atoms with Gasteiger partial charge in [-0.25, -0.2) is 4.68 Å². The van der Waals surface area contributed by atoms with Crippen LogP contribution in [0, 0.1) is 6.92 Å². The van der Waals surface area contributed by atoms with E-state index in [0.717, 1.165) is 24.2 Å². The molecule has 5 nitrogen and oxygen atoms in total. The molecule has 1 heterocycles. The average molecular weight is 184 g/mol. The van der Waals surface area contributed by atoms with Crippen LogP contribution in [0.15, 0.2) is 0 Å². The molecular weight excluding hydrogens is 168 g/mol. The number of rotatable bonds is 5. The van der Waals surface area contributed by atoms with Gasteiger partial charge in [0.05, 0.1) is 24.5 Å². The first-order chi connectivity index (χ1) is 6.29. The Kier molecular flexibility index (Phi) is 3.85. The summed E-state index contributed by atoms with van der Waals surface area (Å²) in [7, 11) is 0. The summed E-state index contributed by atoms with van der Waals surface area (Å²) in [6.07, 6.45) is 1.80. The summed E-state index contributed by atoms with van der Waals surface area (Å²) >= 11 is 0. The molecule has 0 atom stereocenters. The monoisotopic (exact) mass is 184 g/mol. The fourth-order valence-electron chi connectivity index (χ4n) is 1.20. The second kappa shape index (κ2) is 4.94. The highest BCUT2D eigenvalue weighted by atomic mass is 16.3. The van der Waals surface area contributed by atoms with E-state index in [1.807, 2.05) is 6.92 Å². The zero-order valence-electron chi connectivity index (χ0n) is 7.90. The summed E-state index contributed by atoms with van der Waals surface area (Å²) in [5.41, 5.74) is 7.41. The maximum Gasteiger partial charge on any atom is 0.0856 e. The molecule has 0 aliphatic heterocycles. The Balaban J connectivity index is 2.62. The van der Waals surface area contributed by atoms with E-state index in [9.17, 15) is 0 Å². The van der Waals surface area contributed by atoms with Crippen LogP contribution in [-0.2, 0) is 13.0 Å². The molecule has 5 heteroatoms. The van der Waals surface area contributed by atoms with Gasteiger partial charge >= 0.3 is 0 Å². The van der Waals surface area contributed by atoms with Gasteiger partial charge in [0.1, 0.15) is 0 Å². The maximum absolute atomic E-state index is 8.72. The molecule has 0 unspecified atom stereocenters. The molecule has 1 rings (SSSR count). The normalized spacial score (nSPS) is 10.7. The molecule has 0 aliphatic carbocycles. The van der Waals surface area contributed by atoms with Crippen molar-refractivity contribution in [3.63, 3.8) is 0 Å². The third-order valence-corrected chi connectivity index (χ3v) is 2.01. The van der Waals surface area contributed by atoms with Gasteiger partial charge in [-0.05, 0) is 26.3 Å². The van der Waals surface area contributed by atoms with Crippen molar-refractivity contribution in [3.05, 3.63) is 11.4 Å². The Morgan fingerprint density at radius 2 is 2.31 bits per heavy atom. The Labute approximate surface area is 77.6 Å². The molecule has 1 aromatic rings. The van der Waals surface area contributed by atoms with Crippen LogP contribution in [0.2, 0.25) is 0 Å². The van der Waals surface area contributed by atoms with Crippen molar-refractivity contribution in [1.29, 1.82) is 0 Å². The highest BCUT2D eigenvalue weighted by molar-refractivity contribution is 5.07. The van der Waals surface area contributed by atoms with E-state index >= 15 is 0 Å². The standard InChI is InChI=1S/C8H16N4O/c1-7-8(3-2-4-9)10-11-12(7)5-6-13/h13H,2-6,9H2,1H3. The van der Waals surface area contributed by atoms with Crippen LogP contribution >= 0.6 is 0 Å². The predicted molar refractivity (Wildman–Crippen MR) is 49.2 cm³/mol. The van der Waals surface area contributed by atoms with E-state index in [1.165, 1.54) is 0 Å². The Morgan fingerprint density at radius 1 is 1.54 bits per heavy atom. The molecule has 13 heavy (non-hydrogen) atoms. The highest BCUT2D eigenvalue weighted by Gasteiger charge is 2.06. The van der Waals surface area contributed by atoms with Gasteiger partial charge in [0.2, 0.25) is 0 Å². The number of hydrogen-bond donors (Lipinski definition) is 2. The average Bonchev–Trinajstić information content (AvgIpc) is 2.46. The molecule has 0 radical (unpaired) electrons. The van der Waals surface area contributed by atoms with Crippen molar-refractivity contribution in [2.75, 3.05) is 13.2 Å². The van der Waals surface area contributed by atoms with Crippen molar-refractivity contribution in [2.45, 2.75) is 26.3 Å². The summed E-state index contributed by atoms with van der Waals surface area (Å²) in [6, 6.07) is 0. The molecule has 0 aromatic carbocycles. The number of hydrogen-bond acceptors (Lipinski definition) is 4. The van der Waals surface area contributed by atoms with E-state index in [-0.39, 0.29) is 6.61 Å². The minimum Gasteiger partial charge on any atom is -0.394 e. The van der Waals surface area contributed by atoms with E-state index in [4.69, 9.17) is 10.8 Å². The Morgan fingerprint density at radius 3 is 2.92 bits per heavy atom. The zero-order chi connectivity index (χ0) is 9.68. The Hall–Kier alpha value is -0.940. The van der Waals surface area contributed by atoms with Gasteiger partial charge in [-0.3, -0.25) is 0 Å². The first kappa shape index (κ1) is 10.1. The summed E-state index contributed by atoms with van der Waals surface area (Å²) in [4.78, 5) is 0. The highest BCUT2D eigenvalue weighted by Crippen LogP contribution is 2.05. The largest absolute Gasteiger partial charge is 0.394 e. The lowest BCUT2D eigenvalue weighted by molar-refractivity contribution is 0.266. The topological polar surface area (TPSA) is 77.0 Å². The van der Waals surface area contributed by atoms with E-state index in [1.54, 1.807) is 4.68 Å². The van der Waals surface area contributed by atoms with E-state index in [0.29, 0.717) is 13.1 Å². The molecule has 0 aliphatic rings. The SMILES string of the molecule is Cc1c(CCCN)nnn1CCO. The molecule has 1 aromatic heterocycles. The van der Waals surface area contributed by atoms with Crippen LogP contribution in [0.3, 0.4) is 0 Å². The van der Waals surface area contributed by atoms with Crippen LogP contribution < -0.4 is 5.73 Å². The Bertz CT molecular complexity index is 259. The number of nitrogens with two attached hydrogens (primary N) is 1.